The highest BCUT2D eigenvalue weighted by Gasteiger charge is 2.73. The Morgan fingerprint density at radius 3 is 1.40 bits per heavy atom. The predicted octanol–water partition coefficient (Wildman–Crippen LogP) is 2.79. The summed E-state index contributed by atoms with van der Waals surface area (Å²) in [6.07, 6.45) is -0.446. The Morgan fingerprint density at radius 1 is 0.700 bits per heavy atom. The summed E-state index contributed by atoms with van der Waals surface area (Å²) < 4.78 is 24.6. The second-order valence-electron chi connectivity index (χ2n) is 8.02. The van der Waals surface area contributed by atoms with Gasteiger partial charge in [-0.15, -0.1) is 0 Å². The first kappa shape index (κ1) is 14.8. The van der Waals surface area contributed by atoms with Gasteiger partial charge in [0.25, 0.3) is 0 Å². The average molecular weight is 282 g/mol. The molecule has 3 rings (SSSR count). The number of fused-ring (bicyclic) bond motifs is 1. The number of ether oxygens (including phenoxy) is 2. The van der Waals surface area contributed by atoms with Gasteiger partial charge in [0, 0.05) is 0 Å². The van der Waals surface area contributed by atoms with E-state index in [9.17, 15) is 0 Å². The predicted molar refractivity (Wildman–Crippen MR) is 77.2 cm³/mol. The Hall–Kier alpha value is -0.0951. The molecule has 5 heteroatoms. The molecule has 3 fully saturated rings. The number of hydrogen-bond donors (Lipinski definition) is 0. The lowest BCUT2D eigenvalue weighted by molar-refractivity contribution is -0.202. The molecule has 4 nitrogen and oxygen atoms in total. The van der Waals surface area contributed by atoms with Gasteiger partial charge in [-0.2, -0.15) is 0 Å². The minimum Gasteiger partial charge on any atom is -0.400 e. The Labute approximate surface area is 122 Å². The minimum absolute atomic E-state index is 0.249. The zero-order valence-corrected chi connectivity index (χ0v) is 13.9. The molecular formula is C15H27BO4. The molecule has 0 aromatic carbocycles. The molecule has 0 amide bonds. The molecule has 2 saturated heterocycles. The van der Waals surface area contributed by atoms with Gasteiger partial charge in [0.15, 0.2) is 6.19 Å². The Bertz CT molecular complexity index is 400. The van der Waals surface area contributed by atoms with Gasteiger partial charge in [0.05, 0.1) is 22.4 Å². The van der Waals surface area contributed by atoms with Crippen molar-refractivity contribution in [1.29, 1.82) is 0 Å². The van der Waals surface area contributed by atoms with Gasteiger partial charge in [-0.05, 0) is 53.4 Å². The van der Waals surface area contributed by atoms with E-state index in [-0.39, 0.29) is 22.4 Å². The van der Waals surface area contributed by atoms with Crippen LogP contribution < -0.4 is 0 Å². The zero-order chi connectivity index (χ0) is 15.1. The quantitative estimate of drug-likeness (QED) is 0.693. The van der Waals surface area contributed by atoms with E-state index in [4.69, 9.17) is 18.8 Å². The second-order valence-corrected chi connectivity index (χ2v) is 8.02. The molecule has 0 N–H and O–H groups in total. The first-order chi connectivity index (χ1) is 8.95. The van der Waals surface area contributed by atoms with E-state index >= 15 is 0 Å². The van der Waals surface area contributed by atoms with Crippen molar-refractivity contribution in [2.75, 3.05) is 0 Å². The molecule has 2 aliphatic heterocycles. The molecule has 3 aliphatic rings. The van der Waals surface area contributed by atoms with Crippen molar-refractivity contribution in [3.63, 3.8) is 0 Å². The van der Waals surface area contributed by atoms with E-state index in [0.29, 0.717) is 11.8 Å². The Balaban J connectivity index is 1.80. The van der Waals surface area contributed by atoms with Crippen molar-refractivity contribution in [3.8, 4) is 0 Å². The van der Waals surface area contributed by atoms with Crippen LogP contribution in [0.2, 0.25) is 0 Å². The summed E-state index contributed by atoms with van der Waals surface area (Å²) in [5.41, 5.74) is -1.21. The molecule has 0 aromatic rings. The van der Waals surface area contributed by atoms with Crippen molar-refractivity contribution in [3.05, 3.63) is 0 Å². The van der Waals surface area contributed by atoms with E-state index in [1.165, 1.54) is 0 Å². The lowest BCUT2D eigenvalue weighted by Gasteiger charge is -2.58. The number of hydrogen-bond acceptors (Lipinski definition) is 4. The Morgan fingerprint density at radius 2 is 1.05 bits per heavy atom. The molecule has 4 atom stereocenters. The van der Waals surface area contributed by atoms with Gasteiger partial charge in [0.1, 0.15) is 0 Å². The normalized spacial score (nSPS) is 52.8. The van der Waals surface area contributed by atoms with Crippen LogP contribution in [0.4, 0.5) is 0 Å². The fourth-order valence-electron chi connectivity index (χ4n) is 3.83. The molecular weight excluding hydrogens is 255 g/mol. The summed E-state index contributed by atoms with van der Waals surface area (Å²) in [4.78, 5) is 0. The fourth-order valence-corrected chi connectivity index (χ4v) is 3.83. The third-order valence-corrected chi connectivity index (χ3v) is 6.69. The van der Waals surface area contributed by atoms with Gasteiger partial charge in [0.2, 0.25) is 0 Å². The van der Waals surface area contributed by atoms with E-state index in [0.717, 1.165) is 0 Å². The Kier molecular flexibility index (Phi) is 2.82. The third-order valence-electron chi connectivity index (χ3n) is 6.69. The lowest BCUT2D eigenvalue weighted by atomic mass is 9.53. The maximum atomic E-state index is 6.23. The van der Waals surface area contributed by atoms with Gasteiger partial charge >= 0.3 is 7.12 Å². The summed E-state index contributed by atoms with van der Waals surface area (Å²) in [7, 11) is -0.460. The van der Waals surface area contributed by atoms with Crippen molar-refractivity contribution in [2.45, 2.75) is 84.0 Å². The topological polar surface area (TPSA) is 36.9 Å². The van der Waals surface area contributed by atoms with Crippen LogP contribution >= 0.6 is 0 Å². The van der Waals surface area contributed by atoms with Crippen molar-refractivity contribution in [1.82, 2.24) is 0 Å². The monoisotopic (exact) mass is 282 g/mol. The molecule has 4 unspecified atom stereocenters. The molecule has 2 heterocycles. The molecule has 0 bridgehead atoms. The van der Waals surface area contributed by atoms with Crippen molar-refractivity contribution < 1.29 is 18.8 Å². The molecule has 20 heavy (non-hydrogen) atoms. The average Bonchev–Trinajstić information content (AvgIpc) is 2.70. The molecule has 0 aromatic heterocycles. The van der Waals surface area contributed by atoms with Crippen LogP contribution in [0, 0.1) is 11.8 Å². The van der Waals surface area contributed by atoms with Crippen molar-refractivity contribution in [2.24, 2.45) is 11.8 Å². The van der Waals surface area contributed by atoms with E-state index in [1.54, 1.807) is 0 Å². The number of rotatable bonds is 1. The highest BCUT2D eigenvalue weighted by molar-refractivity contribution is 6.46. The maximum Gasteiger partial charge on any atom is 0.517 e. The first-order valence-electron chi connectivity index (χ1n) is 7.66. The third kappa shape index (κ3) is 1.53. The maximum absolute atomic E-state index is 6.23. The van der Waals surface area contributed by atoms with Crippen LogP contribution in [0.1, 0.15) is 55.4 Å². The summed E-state index contributed by atoms with van der Waals surface area (Å²) in [5.74, 6) is 0.944. The van der Waals surface area contributed by atoms with E-state index in [1.807, 2.05) is 27.7 Å². The van der Waals surface area contributed by atoms with Gasteiger partial charge < -0.3 is 18.8 Å². The summed E-state index contributed by atoms with van der Waals surface area (Å²) in [6.45, 7) is 16.9. The molecule has 0 radical (unpaired) electrons. The van der Waals surface area contributed by atoms with Crippen molar-refractivity contribution >= 4 is 7.12 Å². The van der Waals surface area contributed by atoms with Crippen LogP contribution in [-0.4, -0.2) is 35.7 Å². The molecule has 114 valence electrons. The molecule has 1 aliphatic carbocycles. The highest BCUT2D eigenvalue weighted by atomic mass is 16.8. The zero-order valence-electron chi connectivity index (χ0n) is 13.9. The van der Waals surface area contributed by atoms with Gasteiger partial charge in [-0.3, -0.25) is 0 Å². The van der Waals surface area contributed by atoms with Crippen LogP contribution in [0.5, 0.6) is 0 Å². The van der Waals surface area contributed by atoms with Crippen LogP contribution in [0.3, 0.4) is 0 Å². The van der Waals surface area contributed by atoms with Crippen LogP contribution in [0.15, 0.2) is 0 Å². The minimum atomic E-state index is -0.460. The standard InChI is InChI=1S/C15H27BO4/c1-9-10(2)15(8)14(9,7)17-11(18-15)16-19-12(3,4)13(5,6)20-16/h9-11H,1-8H3. The SMILES string of the molecule is CC1C(C)C2(C)OC(B3OC(C)(C)C(C)(C)O3)OC12C. The smallest absolute Gasteiger partial charge is 0.400 e. The van der Waals surface area contributed by atoms with Gasteiger partial charge in [-0.1, -0.05) is 13.8 Å². The van der Waals surface area contributed by atoms with Crippen LogP contribution in [-0.2, 0) is 18.8 Å². The van der Waals surface area contributed by atoms with Crippen LogP contribution in [0.25, 0.3) is 0 Å². The largest absolute Gasteiger partial charge is 0.517 e. The van der Waals surface area contributed by atoms with E-state index in [2.05, 4.69) is 27.7 Å². The summed E-state index contributed by atoms with van der Waals surface area (Å²) in [6, 6.07) is 0. The molecule has 0 spiro atoms. The first-order valence-corrected chi connectivity index (χ1v) is 7.66. The van der Waals surface area contributed by atoms with E-state index < -0.39 is 13.3 Å². The highest BCUT2D eigenvalue weighted by Crippen LogP contribution is 2.61. The van der Waals surface area contributed by atoms with Gasteiger partial charge in [-0.25, -0.2) is 0 Å². The second kappa shape index (κ2) is 3.81. The summed E-state index contributed by atoms with van der Waals surface area (Å²) >= 11 is 0. The summed E-state index contributed by atoms with van der Waals surface area (Å²) in [5, 5.41) is 0. The lowest BCUT2D eigenvalue weighted by Crippen LogP contribution is -2.69. The molecule has 1 saturated carbocycles. The fraction of sp³-hybridized carbons (Fsp3) is 1.00.